The average molecular weight is 566 g/mol. The number of carboxylic acids is 1. The van der Waals surface area contributed by atoms with Crippen molar-refractivity contribution in [2.75, 3.05) is 4.90 Å². The molecule has 0 aromatic heterocycles. The first-order chi connectivity index (χ1) is 18.6. The molecule has 0 amide bonds. The lowest BCUT2D eigenvalue weighted by Gasteiger charge is -2.33. The number of alkyl halides is 6. The lowest BCUT2D eigenvalue weighted by molar-refractivity contribution is -0.139. The topological polar surface area (TPSA) is 40.5 Å². The van der Waals surface area contributed by atoms with Crippen LogP contribution in [0.5, 0.6) is 0 Å². The van der Waals surface area contributed by atoms with Gasteiger partial charge in [-0.3, -0.25) is 4.79 Å². The summed E-state index contributed by atoms with van der Waals surface area (Å²) < 4.78 is 79.3. The third kappa shape index (κ3) is 7.58. The highest BCUT2D eigenvalue weighted by molar-refractivity contribution is 5.80. The van der Waals surface area contributed by atoms with Crippen LogP contribution in [0, 0.1) is 5.92 Å². The Morgan fingerprint density at radius 2 is 1.30 bits per heavy atom. The molecule has 0 fully saturated rings. The molecule has 3 aromatic carbocycles. The van der Waals surface area contributed by atoms with Gasteiger partial charge in [0.1, 0.15) is 0 Å². The fraction of sp³-hybridized carbons (Fsp3) is 0.387. The Morgan fingerprint density at radius 3 is 1.75 bits per heavy atom. The average Bonchev–Trinajstić information content (AvgIpc) is 2.86. The predicted molar refractivity (Wildman–Crippen MR) is 145 cm³/mol. The molecule has 0 aliphatic heterocycles. The van der Waals surface area contributed by atoms with E-state index in [-0.39, 0.29) is 12.0 Å². The van der Waals surface area contributed by atoms with Crippen LogP contribution < -0.4 is 4.90 Å². The number of halogens is 6. The largest absolute Gasteiger partial charge is 0.481 e. The number of rotatable bonds is 10. The van der Waals surface area contributed by atoms with Gasteiger partial charge in [0, 0.05) is 17.4 Å². The van der Waals surface area contributed by atoms with E-state index in [0.717, 1.165) is 30.7 Å². The molecule has 3 nitrogen and oxygen atoms in total. The van der Waals surface area contributed by atoms with Crippen LogP contribution in [0.4, 0.5) is 37.7 Å². The molecule has 0 aliphatic carbocycles. The minimum atomic E-state index is -4.51. The Hall–Kier alpha value is -3.49. The molecule has 0 saturated heterocycles. The minimum Gasteiger partial charge on any atom is -0.481 e. The molecule has 0 aliphatic rings. The summed E-state index contributed by atoms with van der Waals surface area (Å²) in [6, 6.07) is 14.3. The maximum Gasteiger partial charge on any atom is 0.416 e. The van der Waals surface area contributed by atoms with Crippen LogP contribution in [-0.2, 0) is 17.1 Å². The van der Waals surface area contributed by atoms with Gasteiger partial charge in [0.15, 0.2) is 0 Å². The number of hydrogen-bond donors (Lipinski definition) is 1. The number of nitrogens with zero attached hydrogens (tertiary/aromatic N) is 1. The maximum atomic E-state index is 13.2. The zero-order valence-corrected chi connectivity index (χ0v) is 22.8. The Bertz CT molecular complexity index is 1280. The van der Waals surface area contributed by atoms with Crippen molar-refractivity contribution in [1.29, 1.82) is 0 Å². The summed E-state index contributed by atoms with van der Waals surface area (Å²) >= 11 is 0. The summed E-state index contributed by atoms with van der Waals surface area (Å²) in [5.41, 5.74) is 0.870. The van der Waals surface area contributed by atoms with E-state index < -0.39 is 35.4 Å². The van der Waals surface area contributed by atoms with E-state index in [2.05, 4.69) is 0 Å². The van der Waals surface area contributed by atoms with Crippen LogP contribution >= 0.6 is 0 Å². The molecule has 2 atom stereocenters. The fourth-order valence-electron chi connectivity index (χ4n) is 4.86. The molecule has 3 rings (SSSR count). The number of carbonyl (C=O) groups is 1. The minimum absolute atomic E-state index is 0.0457. The molecule has 40 heavy (non-hydrogen) atoms. The van der Waals surface area contributed by atoms with Gasteiger partial charge in [0.25, 0.3) is 0 Å². The highest BCUT2D eigenvalue weighted by Gasteiger charge is 2.32. The third-order valence-electron chi connectivity index (χ3n) is 6.79. The van der Waals surface area contributed by atoms with Crippen molar-refractivity contribution in [3.8, 4) is 11.1 Å². The molecule has 1 N–H and O–H groups in total. The number of anilines is 2. The second-order valence-corrected chi connectivity index (χ2v) is 10.5. The highest BCUT2D eigenvalue weighted by atomic mass is 19.4. The normalized spacial score (nSPS) is 13.8. The molecule has 3 aromatic rings. The first-order valence-corrected chi connectivity index (χ1v) is 13.1. The molecule has 0 heterocycles. The van der Waals surface area contributed by atoms with Gasteiger partial charge in [0.2, 0.25) is 0 Å². The number of benzene rings is 3. The van der Waals surface area contributed by atoms with Crippen LogP contribution in [-0.4, -0.2) is 17.1 Å². The van der Waals surface area contributed by atoms with Crippen LogP contribution in [0.15, 0.2) is 66.7 Å². The fourth-order valence-corrected chi connectivity index (χ4v) is 4.86. The number of aliphatic carboxylic acids is 1. The summed E-state index contributed by atoms with van der Waals surface area (Å²) in [7, 11) is 0. The van der Waals surface area contributed by atoms with Gasteiger partial charge in [-0.2, -0.15) is 26.3 Å². The van der Waals surface area contributed by atoms with Gasteiger partial charge >= 0.3 is 18.3 Å². The quantitative estimate of drug-likeness (QED) is 0.249. The van der Waals surface area contributed by atoms with Crippen molar-refractivity contribution in [1.82, 2.24) is 0 Å². The molecular weight excluding hydrogens is 532 g/mol. The molecule has 2 unspecified atom stereocenters. The molecule has 0 saturated carbocycles. The maximum absolute atomic E-state index is 13.2. The standard InChI is InChI=1S/C31H33F6NO2/c1-5-6-20(4)38(26-13-11-25(12-14-26)31(35,36)37)27-17-22(21-7-9-24(10-8-21)30(32,33)34)16-23(18-27)28(29(39)40)15-19(2)3/h7-14,16-20,28H,5-6,15H2,1-4H3,(H,39,40). The summed E-state index contributed by atoms with van der Waals surface area (Å²) in [6.45, 7) is 7.70. The molecule has 0 bridgehead atoms. The third-order valence-corrected chi connectivity index (χ3v) is 6.79. The zero-order chi connectivity index (χ0) is 29.8. The van der Waals surface area contributed by atoms with Crippen LogP contribution in [0.3, 0.4) is 0 Å². The first kappa shape index (κ1) is 31.0. The first-order valence-electron chi connectivity index (χ1n) is 13.1. The lowest BCUT2D eigenvalue weighted by Crippen LogP contribution is -2.28. The summed E-state index contributed by atoms with van der Waals surface area (Å²) in [4.78, 5) is 14.2. The van der Waals surface area contributed by atoms with Crippen LogP contribution in [0.25, 0.3) is 11.1 Å². The van der Waals surface area contributed by atoms with Gasteiger partial charge in [-0.05, 0) is 90.9 Å². The smallest absolute Gasteiger partial charge is 0.416 e. The van der Waals surface area contributed by atoms with E-state index in [0.29, 0.717) is 40.9 Å². The summed E-state index contributed by atoms with van der Waals surface area (Å²) in [6.07, 6.45) is -7.20. The van der Waals surface area contributed by atoms with E-state index in [1.165, 1.54) is 24.3 Å². The van der Waals surface area contributed by atoms with Gasteiger partial charge in [0.05, 0.1) is 17.0 Å². The van der Waals surface area contributed by atoms with E-state index in [4.69, 9.17) is 0 Å². The SMILES string of the molecule is CCCC(C)N(c1ccc(C(F)(F)F)cc1)c1cc(-c2ccc(C(F)(F)F)cc2)cc(C(CC(C)C)C(=O)O)c1. The Morgan fingerprint density at radius 1 is 0.775 bits per heavy atom. The van der Waals surface area contributed by atoms with E-state index in [9.17, 15) is 36.2 Å². The molecule has 216 valence electrons. The number of carboxylic acid groups (broad SMARTS) is 1. The number of hydrogen-bond acceptors (Lipinski definition) is 2. The van der Waals surface area contributed by atoms with Crippen molar-refractivity contribution < 1.29 is 36.2 Å². The van der Waals surface area contributed by atoms with Gasteiger partial charge in [-0.15, -0.1) is 0 Å². The van der Waals surface area contributed by atoms with Gasteiger partial charge in [-0.1, -0.05) is 45.4 Å². The van der Waals surface area contributed by atoms with E-state index >= 15 is 0 Å². The second kappa shape index (κ2) is 12.4. The van der Waals surface area contributed by atoms with Crippen LogP contribution in [0.2, 0.25) is 0 Å². The van der Waals surface area contributed by atoms with E-state index in [1.807, 2.05) is 32.6 Å². The molecular formula is C31H33F6NO2. The Labute approximate surface area is 230 Å². The monoisotopic (exact) mass is 565 g/mol. The second-order valence-electron chi connectivity index (χ2n) is 10.5. The van der Waals surface area contributed by atoms with Crippen molar-refractivity contribution in [3.05, 3.63) is 83.4 Å². The summed E-state index contributed by atoms with van der Waals surface area (Å²) in [5.74, 6) is -1.87. The highest BCUT2D eigenvalue weighted by Crippen LogP contribution is 2.39. The lowest BCUT2D eigenvalue weighted by atomic mass is 9.87. The van der Waals surface area contributed by atoms with Crippen molar-refractivity contribution in [3.63, 3.8) is 0 Å². The summed E-state index contributed by atoms with van der Waals surface area (Å²) in [5, 5.41) is 10.1. The van der Waals surface area contributed by atoms with Crippen molar-refractivity contribution >= 4 is 17.3 Å². The van der Waals surface area contributed by atoms with Gasteiger partial charge < -0.3 is 10.0 Å². The van der Waals surface area contributed by atoms with Crippen molar-refractivity contribution in [2.24, 2.45) is 5.92 Å². The Kier molecular flexibility index (Phi) is 9.59. The van der Waals surface area contributed by atoms with E-state index in [1.54, 1.807) is 18.2 Å². The van der Waals surface area contributed by atoms with Gasteiger partial charge in [-0.25, -0.2) is 0 Å². The molecule has 0 radical (unpaired) electrons. The van der Waals surface area contributed by atoms with Crippen molar-refractivity contribution in [2.45, 2.75) is 71.3 Å². The molecule has 0 spiro atoms. The zero-order valence-electron chi connectivity index (χ0n) is 22.8. The predicted octanol–water partition coefficient (Wildman–Crippen LogP) is 9.93. The molecule has 9 heteroatoms. The Balaban J connectivity index is 2.24. The van der Waals surface area contributed by atoms with Crippen LogP contribution in [0.1, 0.15) is 69.6 Å².